The highest BCUT2D eigenvalue weighted by Crippen LogP contribution is 2.69. The maximum Gasteiger partial charge on any atom is 0.284 e. The van der Waals surface area contributed by atoms with Gasteiger partial charge in [0.2, 0.25) is 0 Å². The van der Waals surface area contributed by atoms with Crippen LogP contribution in [-0.4, -0.2) is 42.6 Å². The average molecular weight is 468 g/mol. The van der Waals surface area contributed by atoms with Gasteiger partial charge in [-0.1, -0.05) is 48.5 Å². The minimum absolute atomic E-state index is 0.272. The van der Waals surface area contributed by atoms with Gasteiger partial charge in [0.1, 0.15) is 11.6 Å². The van der Waals surface area contributed by atoms with E-state index in [-0.39, 0.29) is 11.6 Å². The number of anilines is 2. The zero-order valence-corrected chi connectivity index (χ0v) is 19.6. The Kier molecular flexibility index (Phi) is 6.27. The van der Waals surface area contributed by atoms with Crippen molar-refractivity contribution in [3.63, 3.8) is 0 Å². The summed E-state index contributed by atoms with van der Waals surface area (Å²) in [6.07, 6.45) is 0. The van der Waals surface area contributed by atoms with Crippen molar-refractivity contribution >= 4 is 30.6 Å². The smallest absolute Gasteiger partial charge is 0.284 e. The van der Waals surface area contributed by atoms with Crippen molar-refractivity contribution in [2.24, 2.45) is 0 Å². The van der Waals surface area contributed by atoms with E-state index < -0.39 is 7.44 Å². The van der Waals surface area contributed by atoms with Gasteiger partial charge in [0.15, 0.2) is 0 Å². The molecule has 3 aromatic rings. The number of halogens is 1. The first-order valence-corrected chi connectivity index (χ1v) is 13.8. The van der Waals surface area contributed by atoms with Gasteiger partial charge in [-0.25, -0.2) is 4.39 Å². The number of benzene rings is 3. The second-order valence-corrected chi connectivity index (χ2v) is 11.9. The van der Waals surface area contributed by atoms with Gasteiger partial charge >= 0.3 is 0 Å². The lowest BCUT2D eigenvalue weighted by molar-refractivity contribution is 0.273. The van der Waals surface area contributed by atoms with Crippen LogP contribution in [-0.2, 0) is 4.57 Å². The zero-order chi connectivity index (χ0) is 22.0. The van der Waals surface area contributed by atoms with E-state index in [2.05, 4.69) is 14.2 Å². The zero-order valence-electron chi connectivity index (χ0n) is 17.9. The first kappa shape index (κ1) is 21.6. The molecule has 0 saturated carbocycles. The van der Waals surface area contributed by atoms with Crippen molar-refractivity contribution in [3.8, 4) is 0 Å². The summed E-state index contributed by atoms with van der Waals surface area (Å²) in [6, 6.07) is 26.7. The monoisotopic (exact) mass is 467 g/mol. The third-order valence-corrected chi connectivity index (χ3v) is 10.7. The van der Waals surface area contributed by atoms with Gasteiger partial charge in [0.25, 0.3) is 7.44 Å². The SMILES string of the molecule is O=P1(C(c2ccc(F)cc2)N2CCSCC2)N(c2ccccc2)CCN1c1ccccc1. The Bertz CT molecular complexity index is 1030. The predicted molar refractivity (Wildman–Crippen MR) is 133 cm³/mol. The third-order valence-electron chi connectivity index (χ3n) is 6.20. The highest BCUT2D eigenvalue weighted by Gasteiger charge is 2.52. The van der Waals surface area contributed by atoms with E-state index in [4.69, 9.17) is 0 Å². The van der Waals surface area contributed by atoms with Gasteiger partial charge < -0.3 is 9.34 Å². The maximum atomic E-state index is 15.5. The standard InChI is InChI=1S/C25H27FN3OPS/c26-22-13-11-21(12-14-22)25(27-17-19-32-20-18-27)31(30)28(23-7-3-1-4-8-23)15-16-29(31)24-9-5-2-6-10-24/h1-14,25H,15-20H2. The third kappa shape index (κ3) is 3.96. The van der Waals surface area contributed by atoms with Crippen LogP contribution in [0.2, 0.25) is 0 Å². The lowest BCUT2D eigenvalue weighted by atomic mass is 10.2. The molecule has 7 heteroatoms. The van der Waals surface area contributed by atoms with Crippen molar-refractivity contribution in [1.29, 1.82) is 0 Å². The largest absolute Gasteiger partial charge is 0.304 e. The van der Waals surface area contributed by atoms with E-state index in [0.29, 0.717) is 13.1 Å². The fraction of sp³-hybridized carbons (Fsp3) is 0.280. The van der Waals surface area contributed by atoms with Crippen LogP contribution in [0.25, 0.3) is 0 Å². The number of hydrogen-bond acceptors (Lipinski definition) is 3. The molecule has 2 aliphatic rings. The predicted octanol–water partition coefficient (Wildman–Crippen LogP) is 6.09. The first-order chi connectivity index (χ1) is 15.7. The Morgan fingerprint density at radius 2 is 1.22 bits per heavy atom. The van der Waals surface area contributed by atoms with Crippen molar-refractivity contribution in [2.45, 2.75) is 5.78 Å². The summed E-state index contributed by atoms with van der Waals surface area (Å²) < 4.78 is 33.5. The minimum Gasteiger partial charge on any atom is -0.304 e. The Morgan fingerprint density at radius 1 is 0.719 bits per heavy atom. The van der Waals surface area contributed by atoms with E-state index >= 15 is 4.57 Å². The summed E-state index contributed by atoms with van der Waals surface area (Å²) >= 11 is 1.93. The maximum absolute atomic E-state index is 15.5. The molecule has 2 heterocycles. The van der Waals surface area contributed by atoms with Crippen LogP contribution in [0.4, 0.5) is 15.8 Å². The first-order valence-electron chi connectivity index (χ1n) is 11.0. The van der Waals surface area contributed by atoms with Crippen LogP contribution < -0.4 is 9.34 Å². The molecule has 32 heavy (non-hydrogen) atoms. The molecule has 4 nitrogen and oxygen atoms in total. The molecule has 0 radical (unpaired) electrons. The van der Waals surface area contributed by atoms with Gasteiger partial charge in [0, 0.05) is 49.1 Å². The number of thioether (sulfide) groups is 1. The second-order valence-electron chi connectivity index (χ2n) is 8.08. The van der Waals surface area contributed by atoms with Crippen molar-refractivity contribution in [2.75, 3.05) is 47.0 Å². The van der Waals surface area contributed by atoms with Crippen LogP contribution in [0.3, 0.4) is 0 Å². The van der Waals surface area contributed by atoms with Crippen LogP contribution in [0.15, 0.2) is 84.9 Å². The Morgan fingerprint density at radius 3 is 1.72 bits per heavy atom. The van der Waals surface area contributed by atoms with Gasteiger partial charge in [-0.3, -0.25) is 9.46 Å². The van der Waals surface area contributed by atoms with E-state index in [9.17, 15) is 4.39 Å². The molecule has 0 spiro atoms. The summed E-state index contributed by atoms with van der Waals surface area (Å²) in [5, 5.41) is 0. The van der Waals surface area contributed by atoms with Crippen LogP contribution in [0.5, 0.6) is 0 Å². The van der Waals surface area contributed by atoms with E-state index in [0.717, 1.165) is 41.5 Å². The second kappa shape index (κ2) is 9.30. The van der Waals surface area contributed by atoms with Gasteiger partial charge in [-0.2, -0.15) is 11.8 Å². The molecule has 0 aromatic heterocycles. The normalized spacial score (nSPS) is 19.8. The highest BCUT2D eigenvalue weighted by molar-refractivity contribution is 7.99. The molecular weight excluding hydrogens is 440 g/mol. The molecule has 166 valence electrons. The van der Waals surface area contributed by atoms with Crippen LogP contribution in [0.1, 0.15) is 11.3 Å². The molecule has 1 atom stereocenters. The van der Waals surface area contributed by atoms with Crippen molar-refractivity contribution < 1.29 is 8.96 Å². The van der Waals surface area contributed by atoms with Crippen LogP contribution >= 0.6 is 19.2 Å². The molecule has 0 bridgehead atoms. The quantitative estimate of drug-likeness (QED) is 0.423. The van der Waals surface area contributed by atoms with Gasteiger partial charge in [-0.05, 0) is 42.0 Å². The highest BCUT2D eigenvalue weighted by atomic mass is 32.2. The summed E-state index contributed by atoms with van der Waals surface area (Å²) in [7, 11) is -3.19. The number of para-hydroxylation sites is 2. The Labute approximate surface area is 193 Å². The number of hydrogen-bond donors (Lipinski definition) is 0. The average Bonchev–Trinajstić information content (AvgIpc) is 3.19. The molecule has 0 aliphatic carbocycles. The number of rotatable bonds is 5. The number of nitrogens with zero attached hydrogens (tertiary/aromatic N) is 3. The van der Waals surface area contributed by atoms with E-state index in [1.54, 1.807) is 0 Å². The summed E-state index contributed by atoms with van der Waals surface area (Å²) in [4.78, 5) is 2.35. The topological polar surface area (TPSA) is 26.8 Å². The summed E-state index contributed by atoms with van der Waals surface area (Å²) in [5.74, 6) is 1.40. The minimum atomic E-state index is -3.19. The molecule has 1 unspecified atom stereocenters. The van der Waals surface area contributed by atoms with Gasteiger partial charge in [-0.15, -0.1) is 0 Å². The molecular formula is C25H27FN3OPS. The molecule has 0 N–H and O–H groups in total. The molecule has 2 aliphatic heterocycles. The molecule has 2 saturated heterocycles. The van der Waals surface area contributed by atoms with E-state index in [1.807, 2.05) is 84.6 Å². The molecule has 2 fully saturated rings. The lowest BCUT2D eigenvalue weighted by Gasteiger charge is -2.44. The van der Waals surface area contributed by atoms with E-state index in [1.165, 1.54) is 12.1 Å². The molecule has 5 rings (SSSR count). The fourth-order valence-electron chi connectivity index (χ4n) is 4.73. The Hall–Kier alpha value is -2.27. The van der Waals surface area contributed by atoms with Crippen molar-refractivity contribution in [3.05, 3.63) is 96.3 Å². The van der Waals surface area contributed by atoms with Gasteiger partial charge in [0.05, 0.1) is 0 Å². The van der Waals surface area contributed by atoms with Crippen LogP contribution in [0, 0.1) is 5.82 Å². The summed E-state index contributed by atoms with van der Waals surface area (Å²) in [5.41, 5.74) is 2.84. The fourth-order valence-corrected chi connectivity index (χ4v) is 9.35. The molecule has 0 amide bonds. The lowest BCUT2D eigenvalue weighted by Crippen LogP contribution is -2.40. The Balaban J connectivity index is 1.68. The molecule has 3 aromatic carbocycles. The summed E-state index contributed by atoms with van der Waals surface area (Å²) in [6.45, 7) is 3.08. The van der Waals surface area contributed by atoms with Crippen molar-refractivity contribution in [1.82, 2.24) is 4.90 Å².